The summed E-state index contributed by atoms with van der Waals surface area (Å²) in [5, 5.41) is 0. The third-order valence-corrected chi connectivity index (χ3v) is 3.69. The smallest absolute Gasteiger partial charge is 0.322 e. The van der Waals surface area contributed by atoms with Crippen LogP contribution in [-0.2, 0) is 9.53 Å². The van der Waals surface area contributed by atoms with Crippen LogP contribution in [0.3, 0.4) is 0 Å². The summed E-state index contributed by atoms with van der Waals surface area (Å²) in [6, 6.07) is -0.103. The molecule has 114 valence electrons. The van der Waals surface area contributed by atoms with Crippen LogP contribution in [0, 0.1) is 0 Å². The molecule has 0 heterocycles. The Morgan fingerprint density at radius 2 is 1.42 bits per heavy atom. The van der Waals surface area contributed by atoms with E-state index in [1.165, 1.54) is 58.5 Å². The Hall–Kier alpha value is -0.570. The average Bonchev–Trinajstić information content (AvgIpc) is 2.44. The molecule has 0 amide bonds. The maximum Gasteiger partial charge on any atom is 0.322 e. The standard InChI is InChI=1S/C16H33NO2/c1-5-7-9-11-13-17(14-12-10-8-6-2)15(3)16(18)19-4/h15H,5-14H2,1-4H3. The van der Waals surface area contributed by atoms with Crippen LogP contribution in [0.1, 0.15) is 72.1 Å². The summed E-state index contributed by atoms with van der Waals surface area (Å²) in [7, 11) is 1.48. The predicted octanol–water partition coefficient (Wildman–Crippen LogP) is 4.01. The van der Waals surface area contributed by atoms with Crippen molar-refractivity contribution in [2.75, 3.05) is 20.2 Å². The van der Waals surface area contributed by atoms with E-state index in [0.29, 0.717) is 0 Å². The average molecular weight is 271 g/mol. The van der Waals surface area contributed by atoms with Crippen molar-refractivity contribution in [1.82, 2.24) is 4.90 Å². The number of hydrogen-bond donors (Lipinski definition) is 0. The van der Waals surface area contributed by atoms with Crippen molar-refractivity contribution in [3.8, 4) is 0 Å². The molecule has 0 aliphatic carbocycles. The highest BCUT2D eigenvalue weighted by Crippen LogP contribution is 2.09. The van der Waals surface area contributed by atoms with Crippen molar-refractivity contribution in [3.63, 3.8) is 0 Å². The maximum atomic E-state index is 11.7. The van der Waals surface area contributed by atoms with E-state index in [1.807, 2.05) is 6.92 Å². The van der Waals surface area contributed by atoms with E-state index >= 15 is 0 Å². The molecule has 0 bridgehead atoms. The number of hydrogen-bond acceptors (Lipinski definition) is 3. The van der Waals surface area contributed by atoms with Crippen LogP contribution in [0.15, 0.2) is 0 Å². The molecule has 0 rings (SSSR count). The molecule has 0 aliphatic heterocycles. The lowest BCUT2D eigenvalue weighted by molar-refractivity contribution is -0.146. The molecule has 0 aromatic heterocycles. The van der Waals surface area contributed by atoms with Gasteiger partial charge < -0.3 is 4.74 Å². The summed E-state index contributed by atoms with van der Waals surface area (Å²) >= 11 is 0. The van der Waals surface area contributed by atoms with Crippen molar-refractivity contribution in [3.05, 3.63) is 0 Å². The van der Waals surface area contributed by atoms with E-state index in [1.54, 1.807) is 0 Å². The van der Waals surface area contributed by atoms with E-state index in [0.717, 1.165) is 13.1 Å². The minimum absolute atomic E-state index is 0.103. The summed E-state index contributed by atoms with van der Waals surface area (Å²) in [5.41, 5.74) is 0. The third-order valence-electron chi connectivity index (χ3n) is 3.69. The molecule has 0 saturated heterocycles. The lowest BCUT2D eigenvalue weighted by atomic mass is 10.1. The van der Waals surface area contributed by atoms with Crippen LogP contribution >= 0.6 is 0 Å². The number of unbranched alkanes of at least 4 members (excludes halogenated alkanes) is 6. The summed E-state index contributed by atoms with van der Waals surface area (Å²) in [4.78, 5) is 14.0. The predicted molar refractivity (Wildman–Crippen MR) is 81.3 cm³/mol. The Kier molecular flexibility index (Phi) is 12.1. The second kappa shape index (κ2) is 12.5. The lowest BCUT2D eigenvalue weighted by Crippen LogP contribution is -2.41. The van der Waals surface area contributed by atoms with Crippen LogP contribution in [0.4, 0.5) is 0 Å². The molecule has 1 atom stereocenters. The van der Waals surface area contributed by atoms with Gasteiger partial charge in [0.25, 0.3) is 0 Å². The molecule has 0 aromatic rings. The number of carbonyl (C=O) groups excluding carboxylic acids is 1. The zero-order valence-electron chi connectivity index (χ0n) is 13.4. The van der Waals surface area contributed by atoms with Gasteiger partial charge >= 0.3 is 5.97 Å². The Morgan fingerprint density at radius 3 is 1.79 bits per heavy atom. The number of rotatable bonds is 12. The highest BCUT2D eigenvalue weighted by Gasteiger charge is 2.20. The Morgan fingerprint density at radius 1 is 0.947 bits per heavy atom. The van der Waals surface area contributed by atoms with Gasteiger partial charge in [0, 0.05) is 0 Å². The van der Waals surface area contributed by atoms with Gasteiger partial charge in [0.2, 0.25) is 0 Å². The summed E-state index contributed by atoms with van der Waals surface area (Å²) in [6.07, 6.45) is 9.97. The van der Waals surface area contributed by atoms with Gasteiger partial charge in [0.1, 0.15) is 6.04 Å². The Balaban J connectivity index is 4.09. The van der Waals surface area contributed by atoms with Crippen molar-refractivity contribution in [2.45, 2.75) is 78.2 Å². The normalized spacial score (nSPS) is 12.7. The van der Waals surface area contributed by atoms with Crippen LogP contribution < -0.4 is 0 Å². The van der Waals surface area contributed by atoms with Crippen LogP contribution in [-0.4, -0.2) is 37.1 Å². The summed E-state index contributed by atoms with van der Waals surface area (Å²) in [6.45, 7) is 8.44. The highest BCUT2D eigenvalue weighted by atomic mass is 16.5. The van der Waals surface area contributed by atoms with E-state index in [-0.39, 0.29) is 12.0 Å². The maximum absolute atomic E-state index is 11.7. The summed E-state index contributed by atoms with van der Waals surface area (Å²) < 4.78 is 4.87. The minimum Gasteiger partial charge on any atom is -0.468 e. The quantitative estimate of drug-likeness (QED) is 0.397. The highest BCUT2D eigenvalue weighted by molar-refractivity contribution is 5.75. The van der Waals surface area contributed by atoms with E-state index in [2.05, 4.69) is 18.7 Å². The number of methoxy groups -OCH3 is 1. The van der Waals surface area contributed by atoms with Gasteiger partial charge in [-0.2, -0.15) is 0 Å². The minimum atomic E-state index is -0.106. The number of nitrogens with zero attached hydrogens (tertiary/aromatic N) is 1. The van der Waals surface area contributed by atoms with Gasteiger partial charge in [-0.25, -0.2) is 0 Å². The van der Waals surface area contributed by atoms with Gasteiger partial charge in [-0.3, -0.25) is 9.69 Å². The molecule has 1 unspecified atom stereocenters. The van der Waals surface area contributed by atoms with Crippen LogP contribution in [0.2, 0.25) is 0 Å². The molecule has 19 heavy (non-hydrogen) atoms. The molecule has 0 fully saturated rings. The number of ether oxygens (including phenoxy) is 1. The monoisotopic (exact) mass is 271 g/mol. The fraction of sp³-hybridized carbons (Fsp3) is 0.938. The zero-order valence-corrected chi connectivity index (χ0v) is 13.4. The molecule has 0 N–H and O–H groups in total. The van der Waals surface area contributed by atoms with Crippen molar-refractivity contribution in [1.29, 1.82) is 0 Å². The fourth-order valence-electron chi connectivity index (χ4n) is 2.30. The molecule has 0 spiro atoms. The number of esters is 1. The van der Waals surface area contributed by atoms with Crippen LogP contribution in [0.25, 0.3) is 0 Å². The zero-order chi connectivity index (χ0) is 14.5. The molecule has 0 saturated carbocycles. The molecular weight excluding hydrogens is 238 g/mol. The SMILES string of the molecule is CCCCCCN(CCCCCC)C(C)C(=O)OC. The van der Waals surface area contributed by atoms with Gasteiger partial charge in [-0.15, -0.1) is 0 Å². The van der Waals surface area contributed by atoms with Crippen molar-refractivity contribution in [2.24, 2.45) is 0 Å². The van der Waals surface area contributed by atoms with Gasteiger partial charge in [-0.1, -0.05) is 52.4 Å². The first kappa shape index (κ1) is 18.4. The molecule has 3 heteroatoms. The topological polar surface area (TPSA) is 29.5 Å². The lowest BCUT2D eigenvalue weighted by Gasteiger charge is -2.27. The molecule has 0 aliphatic rings. The van der Waals surface area contributed by atoms with Crippen molar-refractivity contribution < 1.29 is 9.53 Å². The first-order valence-corrected chi connectivity index (χ1v) is 7.99. The summed E-state index contributed by atoms with van der Waals surface area (Å²) in [5.74, 6) is -0.106. The molecule has 0 radical (unpaired) electrons. The van der Waals surface area contributed by atoms with Crippen molar-refractivity contribution >= 4 is 5.97 Å². The molecular formula is C16H33NO2. The van der Waals surface area contributed by atoms with Gasteiger partial charge in [-0.05, 0) is 32.9 Å². The molecule has 0 aromatic carbocycles. The second-order valence-corrected chi connectivity index (χ2v) is 5.36. The van der Waals surface area contributed by atoms with Crippen LogP contribution in [0.5, 0.6) is 0 Å². The number of carbonyl (C=O) groups is 1. The third kappa shape index (κ3) is 9.04. The van der Waals surface area contributed by atoms with E-state index in [4.69, 9.17) is 4.74 Å². The Bertz CT molecular complexity index is 207. The second-order valence-electron chi connectivity index (χ2n) is 5.36. The molecule has 3 nitrogen and oxygen atoms in total. The van der Waals surface area contributed by atoms with Gasteiger partial charge in [0.15, 0.2) is 0 Å². The first-order chi connectivity index (χ1) is 9.17. The fourth-order valence-corrected chi connectivity index (χ4v) is 2.30. The van der Waals surface area contributed by atoms with Gasteiger partial charge in [0.05, 0.1) is 7.11 Å². The first-order valence-electron chi connectivity index (χ1n) is 7.99. The Labute approximate surface area is 119 Å². The van der Waals surface area contributed by atoms with E-state index < -0.39 is 0 Å². The van der Waals surface area contributed by atoms with E-state index in [9.17, 15) is 4.79 Å². The largest absolute Gasteiger partial charge is 0.468 e.